The number of rotatable bonds is 4. The van der Waals surface area contributed by atoms with Gasteiger partial charge in [-0.3, -0.25) is 10.1 Å². The molecule has 2 unspecified atom stereocenters. The van der Waals surface area contributed by atoms with Gasteiger partial charge in [-0.25, -0.2) is 0 Å². The molecule has 0 aliphatic heterocycles. The van der Waals surface area contributed by atoms with E-state index in [0.717, 1.165) is 12.8 Å². The van der Waals surface area contributed by atoms with E-state index in [4.69, 9.17) is 6.42 Å². The van der Waals surface area contributed by atoms with E-state index in [1.165, 1.54) is 12.8 Å². The Balaban J connectivity index is 2.26. The van der Waals surface area contributed by atoms with Crippen LogP contribution in [0.25, 0.3) is 0 Å². The minimum absolute atomic E-state index is 0.282. The number of nitrogens with one attached hydrogen (secondary N) is 1. The van der Waals surface area contributed by atoms with Gasteiger partial charge in [0.25, 0.3) is 0 Å². The standard InChI is InChI=1S/C12H19NO/c1-3-7-13-9-12(14)11-6-4-5-10(2)8-11/h1,10-11,13H,4-9H2,2H3. The van der Waals surface area contributed by atoms with Crippen LogP contribution < -0.4 is 5.32 Å². The SMILES string of the molecule is C#CCNCC(=O)C1CCCC(C)C1. The number of carbonyl (C=O) groups excluding carboxylic acids is 1. The minimum Gasteiger partial charge on any atom is -0.299 e. The third kappa shape index (κ3) is 3.51. The molecule has 2 heteroatoms. The van der Waals surface area contributed by atoms with Crippen molar-refractivity contribution in [1.82, 2.24) is 5.32 Å². The van der Waals surface area contributed by atoms with Gasteiger partial charge in [0, 0.05) is 5.92 Å². The summed E-state index contributed by atoms with van der Waals surface area (Å²) in [5.41, 5.74) is 0. The molecule has 1 rings (SSSR count). The van der Waals surface area contributed by atoms with Crippen LogP contribution in [0.5, 0.6) is 0 Å². The van der Waals surface area contributed by atoms with Crippen LogP contribution in [-0.4, -0.2) is 18.9 Å². The third-order valence-electron chi connectivity index (χ3n) is 2.92. The summed E-state index contributed by atoms with van der Waals surface area (Å²) in [4.78, 5) is 11.7. The Hall–Kier alpha value is -0.810. The first-order chi connectivity index (χ1) is 6.74. The lowest BCUT2D eigenvalue weighted by molar-refractivity contribution is -0.123. The van der Waals surface area contributed by atoms with E-state index in [0.29, 0.717) is 24.8 Å². The molecule has 1 aliphatic carbocycles. The highest BCUT2D eigenvalue weighted by Crippen LogP contribution is 2.28. The largest absolute Gasteiger partial charge is 0.299 e. The van der Waals surface area contributed by atoms with Gasteiger partial charge in [0.2, 0.25) is 0 Å². The molecule has 0 aromatic carbocycles. The van der Waals surface area contributed by atoms with Crippen molar-refractivity contribution in [3.05, 3.63) is 0 Å². The molecular weight excluding hydrogens is 174 g/mol. The van der Waals surface area contributed by atoms with Gasteiger partial charge in [0.15, 0.2) is 0 Å². The molecule has 0 radical (unpaired) electrons. The van der Waals surface area contributed by atoms with Crippen molar-refractivity contribution >= 4 is 5.78 Å². The van der Waals surface area contributed by atoms with Gasteiger partial charge in [0.1, 0.15) is 5.78 Å². The van der Waals surface area contributed by atoms with Gasteiger partial charge in [-0.15, -0.1) is 6.42 Å². The Morgan fingerprint density at radius 2 is 2.36 bits per heavy atom. The lowest BCUT2D eigenvalue weighted by atomic mass is 9.80. The van der Waals surface area contributed by atoms with Gasteiger partial charge in [-0.05, 0) is 18.8 Å². The molecule has 14 heavy (non-hydrogen) atoms. The Bertz CT molecular complexity index is 229. The van der Waals surface area contributed by atoms with Gasteiger partial charge >= 0.3 is 0 Å². The second-order valence-electron chi connectivity index (χ2n) is 4.24. The minimum atomic E-state index is 0.282. The van der Waals surface area contributed by atoms with Crippen LogP contribution in [0, 0.1) is 24.2 Å². The van der Waals surface area contributed by atoms with E-state index in [1.807, 2.05) is 0 Å². The van der Waals surface area contributed by atoms with Gasteiger partial charge in [-0.2, -0.15) is 0 Å². The van der Waals surface area contributed by atoms with Gasteiger partial charge in [-0.1, -0.05) is 25.7 Å². The quantitative estimate of drug-likeness (QED) is 0.543. The monoisotopic (exact) mass is 193 g/mol. The van der Waals surface area contributed by atoms with Crippen LogP contribution in [0.4, 0.5) is 0 Å². The predicted octanol–water partition coefficient (Wildman–Crippen LogP) is 1.60. The third-order valence-corrected chi connectivity index (χ3v) is 2.92. The Labute approximate surface area is 86.5 Å². The van der Waals surface area contributed by atoms with Crippen molar-refractivity contribution in [2.45, 2.75) is 32.6 Å². The smallest absolute Gasteiger partial charge is 0.149 e. The van der Waals surface area contributed by atoms with Crippen LogP contribution in [-0.2, 0) is 4.79 Å². The molecule has 0 saturated heterocycles. The van der Waals surface area contributed by atoms with E-state index < -0.39 is 0 Å². The van der Waals surface area contributed by atoms with Crippen molar-refractivity contribution in [3.8, 4) is 12.3 Å². The number of hydrogen-bond acceptors (Lipinski definition) is 2. The number of Topliss-reactive ketones (excluding diaryl/α,β-unsaturated/α-hetero) is 1. The van der Waals surface area contributed by atoms with E-state index in [9.17, 15) is 4.79 Å². The van der Waals surface area contributed by atoms with E-state index in [1.54, 1.807) is 0 Å². The zero-order valence-electron chi connectivity index (χ0n) is 8.88. The van der Waals surface area contributed by atoms with Crippen LogP contribution in [0.15, 0.2) is 0 Å². The van der Waals surface area contributed by atoms with Crippen LogP contribution >= 0.6 is 0 Å². The molecular formula is C12H19NO. The van der Waals surface area contributed by atoms with Crippen LogP contribution in [0.3, 0.4) is 0 Å². The molecule has 0 spiro atoms. The number of ketones is 1. The average Bonchev–Trinajstić information content (AvgIpc) is 2.18. The summed E-state index contributed by atoms with van der Waals surface area (Å²) in [5, 5.41) is 2.96. The van der Waals surface area contributed by atoms with E-state index >= 15 is 0 Å². The number of hydrogen-bond donors (Lipinski definition) is 1. The van der Waals surface area contributed by atoms with Crippen LogP contribution in [0.1, 0.15) is 32.6 Å². The summed E-state index contributed by atoms with van der Waals surface area (Å²) in [6.07, 6.45) is 9.71. The maximum atomic E-state index is 11.7. The summed E-state index contributed by atoms with van der Waals surface area (Å²) >= 11 is 0. The fourth-order valence-corrected chi connectivity index (χ4v) is 2.13. The molecule has 1 aliphatic rings. The molecule has 0 aromatic heterocycles. The summed E-state index contributed by atoms with van der Waals surface area (Å²) in [6, 6.07) is 0. The molecule has 1 N–H and O–H groups in total. The molecule has 2 nitrogen and oxygen atoms in total. The molecule has 1 fully saturated rings. The Kier molecular flexibility index (Phi) is 4.69. The van der Waals surface area contributed by atoms with E-state index in [-0.39, 0.29) is 5.92 Å². The zero-order chi connectivity index (χ0) is 10.4. The Morgan fingerprint density at radius 1 is 1.57 bits per heavy atom. The van der Waals surface area contributed by atoms with Crippen molar-refractivity contribution in [2.75, 3.05) is 13.1 Å². The lowest BCUT2D eigenvalue weighted by Gasteiger charge is -2.25. The number of terminal acetylenes is 1. The topological polar surface area (TPSA) is 29.1 Å². The molecule has 0 heterocycles. The summed E-state index contributed by atoms with van der Waals surface area (Å²) in [6.45, 7) is 3.17. The summed E-state index contributed by atoms with van der Waals surface area (Å²) < 4.78 is 0. The molecule has 0 bridgehead atoms. The first kappa shape index (κ1) is 11.3. The first-order valence-corrected chi connectivity index (χ1v) is 5.41. The first-order valence-electron chi connectivity index (χ1n) is 5.41. The maximum absolute atomic E-state index is 11.7. The van der Waals surface area contributed by atoms with Gasteiger partial charge < -0.3 is 0 Å². The zero-order valence-corrected chi connectivity index (χ0v) is 8.88. The highest BCUT2D eigenvalue weighted by Gasteiger charge is 2.24. The molecule has 2 atom stereocenters. The lowest BCUT2D eigenvalue weighted by Crippen LogP contribution is -2.31. The molecule has 78 valence electrons. The molecule has 1 saturated carbocycles. The van der Waals surface area contributed by atoms with Crippen LogP contribution in [0.2, 0.25) is 0 Å². The van der Waals surface area contributed by atoms with Crippen molar-refractivity contribution in [2.24, 2.45) is 11.8 Å². The van der Waals surface area contributed by atoms with E-state index in [2.05, 4.69) is 18.2 Å². The summed E-state index contributed by atoms with van der Waals surface area (Å²) in [7, 11) is 0. The van der Waals surface area contributed by atoms with Crippen molar-refractivity contribution < 1.29 is 4.79 Å². The van der Waals surface area contributed by atoms with Gasteiger partial charge in [0.05, 0.1) is 13.1 Å². The summed E-state index contributed by atoms with van der Waals surface area (Å²) in [5.74, 6) is 3.81. The fourth-order valence-electron chi connectivity index (χ4n) is 2.13. The second kappa shape index (κ2) is 5.82. The predicted molar refractivity (Wildman–Crippen MR) is 57.8 cm³/mol. The number of carbonyl (C=O) groups is 1. The highest BCUT2D eigenvalue weighted by molar-refractivity contribution is 5.83. The molecule has 0 amide bonds. The van der Waals surface area contributed by atoms with Crippen molar-refractivity contribution in [1.29, 1.82) is 0 Å². The highest BCUT2D eigenvalue weighted by atomic mass is 16.1. The molecule has 0 aromatic rings. The normalized spacial score (nSPS) is 26.9. The van der Waals surface area contributed by atoms with Crippen molar-refractivity contribution in [3.63, 3.8) is 0 Å². The maximum Gasteiger partial charge on any atom is 0.149 e. The Morgan fingerprint density at radius 3 is 3.00 bits per heavy atom. The average molecular weight is 193 g/mol. The fraction of sp³-hybridized carbons (Fsp3) is 0.750. The second-order valence-corrected chi connectivity index (χ2v) is 4.24.